The average Bonchev–Trinajstić information content (AvgIpc) is 2.95. The minimum Gasteiger partial charge on any atom is -0.425 e. The van der Waals surface area contributed by atoms with Crippen LogP contribution < -0.4 is 0 Å². The largest absolute Gasteiger partial charge is 0.425 e. The Bertz CT molecular complexity index is 750. The molecule has 1 atom stereocenters. The summed E-state index contributed by atoms with van der Waals surface area (Å²) >= 11 is 7.40. The van der Waals surface area contributed by atoms with Crippen molar-refractivity contribution in [3.05, 3.63) is 57.0 Å². The number of rotatable bonds is 2. The van der Waals surface area contributed by atoms with E-state index in [2.05, 4.69) is 0 Å². The number of ether oxygens (including phenoxy) is 1. The van der Waals surface area contributed by atoms with E-state index >= 15 is 0 Å². The second kappa shape index (κ2) is 4.94. The first-order chi connectivity index (χ1) is 9.90. The number of cyclic esters (lactones) is 1. The predicted octanol–water partition coefficient (Wildman–Crippen LogP) is 3.72. The Labute approximate surface area is 129 Å². The first-order valence-electron chi connectivity index (χ1n) is 6.10. The quantitative estimate of drug-likeness (QED) is 0.856. The van der Waals surface area contributed by atoms with Crippen LogP contribution in [0.5, 0.6) is 0 Å². The maximum absolute atomic E-state index is 13.2. The lowest BCUT2D eigenvalue weighted by molar-refractivity contribution is -0.169. The summed E-state index contributed by atoms with van der Waals surface area (Å²) in [6, 6.07) is 7.31. The van der Waals surface area contributed by atoms with Crippen molar-refractivity contribution >= 4 is 40.1 Å². The molecule has 3 nitrogen and oxygen atoms in total. The molecule has 0 aliphatic carbocycles. The van der Waals surface area contributed by atoms with Crippen LogP contribution in [0.3, 0.4) is 0 Å². The maximum Gasteiger partial charge on any atom is 0.342 e. The average molecular weight is 325 g/mol. The van der Waals surface area contributed by atoms with Crippen LogP contribution in [-0.4, -0.2) is 16.9 Å². The van der Waals surface area contributed by atoms with Crippen molar-refractivity contribution < 1.29 is 19.0 Å². The van der Waals surface area contributed by atoms with Crippen LogP contribution in [0.15, 0.2) is 35.7 Å². The van der Waals surface area contributed by atoms with Crippen molar-refractivity contribution in [2.45, 2.75) is 12.7 Å². The van der Waals surface area contributed by atoms with Crippen LogP contribution in [0.1, 0.15) is 17.4 Å². The summed E-state index contributed by atoms with van der Waals surface area (Å²) in [5.41, 5.74) is 0.840. The Morgan fingerprint density at radius 3 is 2.76 bits per heavy atom. The molecule has 2 heterocycles. The summed E-state index contributed by atoms with van der Waals surface area (Å²) in [5.74, 6) is -2.92. The SMILES string of the molecule is CC1(O)OC(=O)C(c2ccc(F)cc2Cl)=C1c1cccs1. The van der Waals surface area contributed by atoms with Gasteiger partial charge in [0, 0.05) is 17.4 Å². The Hall–Kier alpha value is -1.69. The lowest BCUT2D eigenvalue weighted by Gasteiger charge is -2.18. The molecule has 1 aromatic heterocycles. The van der Waals surface area contributed by atoms with E-state index in [4.69, 9.17) is 16.3 Å². The Balaban J connectivity index is 2.29. The van der Waals surface area contributed by atoms with E-state index in [1.165, 1.54) is 30.4 Å². The third-order valence-electron chi connectivity index (χ3n) is 3.18. The lowest BCUT2D eigenvalue weighted by Crippen LogP contribution is -2.25. The van der Waals surface area contributed by atoms with Crippen LogP contribution >= 0.6 is 22.9 Å². The predicted molar refractivity (Wildman–Crippen MR) is 79.3 cm³/mol. The molecule has 0 radical (unpaired) electrons. The van der Waals surface area contributed by atoms with Gasteiger partial charge < -0.3 is 9.84 Å². The Morgan fingerprint density at radius 2 is 2.14 bits per heavy atom. The van der Waals surface area contributed by atoms with Gasteiger partial charge in [-0.3, -0.25) is 0 Å². The number of carbonyl (C=O) groups excluding carboxylic acids is 1. The van der Waals surface area contributed by atoms with Gasteiger partial charge in [-0.05, 0) is 29.6 Å². The fraction of sp³-hybridized carbons (Fsp3) is 0.133. The van der Waals surface area contributed by atoms with Gasteiger partial charge in [-0.15, -0.1) is 11.3 Å². The molecule has 0 bridgehead atoms. The molecule has 1 N–H and O–H groups in total. The van der Waals surface area contributed by atoms with Crippen LogP contribution in [0, 0.1) is 5.82 Å². The molecule has 1 aliphatic heterocycles. The Kier molecular flexibility index (Phi) is 3.36. The van der Waals surface area contributed by atoms with Crippen LogP contribution in [-0.2, 0) is 9.53 Å². The topological polar surface area (TPSA) is 46.5 Å². The van der Waals surface area contributed by atoms with Crippen molar-refractivity contribution in [2.24, 2.45) is 0 Å². The number of aliphatic hydroxyl groups is 1. The van der Waals surface area contributed by atoms with Gasteiger partial charge in [0.25, 0.3) is 0 Å². The molecule has 6 heteroatoms. The Morgan fingerprint density at radius 1 is 1.38 bits per heavy atom. The fourth-order valence-corrected chi connectivity index (χ4v) is 3.46. The number of thiophene rings is 1. The van der Waals surface area contributed by atoms with Crippen molar-refractivity contribution in [3.63, 3.8) is 0 Å². The highest BCUT2D eigenvalue weighted by molar-refractivity contribution is 7.11. The molecule has 0 amide bonds. The van der Waals surface area contributed by atoms with Gasteiger partial charge in [0.1, 0.15) is 5.82 Å². The molecular weight excluding hydrogens is 315 g/mol. The van der Waals surface area contributed by atoms with Crippen LogP contribution in [0.2, 0.25) is 5.02 Å². The third-order valence-corrected chi connectivity index (χ3v) is 4.38. The molecular formula is C15H10ClFO3S. The van der Waals surface area contributed by atoms with Gasteiger partial charge in [-0.1, -0.05) is 17.7 Å². The van der Waals surface area contributed by atoms with Crippen molar-refractivity contribution in [1.29, 1.82) is 0 Å². The van der Waals surface area contributed by atoms with E-state index in [0.717, 1.165) is 6.07 Å². The van der Waals surface area contributed by atoms with Crippen molar-refractivity contribution in [1.82, 2.24) is 0 Å². The molecule has 21 heavy (non-hydrogen) atoms. The molecule has 108 valence electrons. The van der Waals surface area contributed by atoms with Gasteiger partial charge in [0.05, 0.1) is 16.2 Å². The van der Waals surface area contributed by atoms with Crippen LogP contribution in [0.4, 0.5) is 4.39 Å². The number of esters is 1. The van der Waals surface area contributed by atoms with E-state index in [0.29, 0.717) is 16.0 Å². The summed E-state index contributed by atoms with van der Waals surface area (Å²) in [7, 11) is 0. The number of halogens is 2. The summed E-state index contributed by atoms with van der Waals surface area (Å²) < 4.78 is 18.2. The lowest BCUT2D eigenvalue weighted by atomic mass is 9.96. The smallest absolute Gasteiger partial charge is 0.342 e. The number of hydrogen-bond donors (Lipinski definition) is 1. The standard InChI is InChI=1S/C15H10ClFO3S/c1-15(19)13(11-3-2-6-21-11)12(14(18)20-15)9-5-4-8(17)7-10(9)16/h2-7,19H,1H3. The van der Waals surface area contributed by atoms with Gasteiger partial charge in [-0.2, -0.15) is 0 Å². The molecule has 1 aliphatic rings. The summed E-state index contributed by atoms with van der Waals surface area (Å²) in [6.45, 7) is 1.39. The van der Waals surface area contributed by atoms with Gasteiger partial charge in [-0.25, -0.2) is 9.18 Å². The molecule has 0 spiro atoms. The highest BCUT2D eigenvalue weighted by Crippen LogP contribution is 2.45. The third kappa shape index (κ3) is 2.37. The number of carbonyl (C=O) groups is 1. The molecule has 2 aromatic rings. The zero-order valence-corrected chi connectivity index (χ0v) is 12.5. The monoisotopic (exact) mass is 324 g/mol. The van der Waals surface area contributed by atoms with E-state index in [1.807, 2.05) is 5.38 Å². The van der Waals surface area contributed by atoms with E-state index in [-0.39, 0.29) is 10.6 Å². The zero-order chi connectivity index (χ0) is 15.2. The minimum atomic E-state index is -1.74. The molecule has 3 rings (SSSR count). The highest BCUT2D eigenvalue weighted by atomic mass is 35.5. The van der Waals surface area contributed by atoms with Crippen LogP contribution in [0.25, 0.3) is 11.1 Å². The maximum atomic E-state index is 13.2. The molecule has 1 unspecified atom stereocenters. The van der Waals surface area contributed by atoms with Crippen molar-refractivity contribution in [2.75, 3.05) is 0 Å². The van der Waals surface area contributed by atoms with Gasteiger partial charge in [0.2, 0.25) is 5.79 Å². The normalized spacial score (nSPS) is 21.8. The highest BCUT2D eigenvalue weighted by Gasteiger charge is 2.44. The molecule has 0 saturated heterocycles. The summed E-state index contributed by atoms with van der Waals surface area (Å²) in [4.78, 5) is 12.8. The summed E-state index contributed by atoms with van der Waals surface area (Å²) in [6.07, 6.45) is 0. The minimum absolute atomic E-state index is 0.0914. The molecule has 0 saturated carbocycles. The first-order valence-corrected chi connectivity index (χ1v) is 7.35. The van der Waals surface area contributed by atoms with Gasteiger partial charge in [0.15, 0.2) is 0 Å². The fourth-order valence-electron chi connectivity index (χ4n) is 2.33. The second-order valence-electron chi connectivity index (χ2n) is 4.72. The molecule has 0 fully saturated rings. The molecule has 1 aromatic carbocycles. The first kappa shape index (κ1) is 14.3. The van der Waals surface area contributed by atoms with Crippen molar-refractivity contribution in [3.8, 4) is 0 Å². The summed E-state index contributed by atoms with van der Waals surface area (Å²) in [5, 5.41) is 12.3. The number of benzene rings is 1. The van der Waals surface area contributed by atoms with E-state index in [9.17, 15) is 14.3 Å². The van der Waals surface area contributed by atoms with E-state index in [1.54, 1.807) is 12.1 Å². The van der Waals surface area contributed by atoms with E-state index < -0.39 is 17.6 Å². The van der Waals surface area contributed by atoms with Gasteiger partial charge >= 0.3 is 5.97 Å². The second-order valence-corrected chi connectivity index (χ2v) is 6.08. The zero-order valence-electron chi connectivity index (χ0n) is 10.9. The number of hydrogen-bond acceptors (Lipinski definition) is 4.